The molecule has 0 radical (unpaired) electrons. The standard InChI is InChI=1S/C13H15BrN2/c1-3-8-16(9-11-4-5-11)13-12(14)10(2)6-7-15-13/h1,6-7,11H,4-5,8-9H2,2H3. The number of aryl methyl sites for hydroxylation is 1. The third kappa shape index (κ3) is 2.56. The fraction of sp³-hybridized carbons (Fsp3) is 0.462. The summed E-state index contributed by atoms with van der Waals surface area (Å²) in [5.41, 5.74) is 1.20. The zero-order valence-corrected chi connectivity index (χ0v) is 11.0. The van der Waals surface area contributed by atoms with E-state index < -0.39 is 0 Å². The smallest absolute Gasteiger partial charge is 0.143 e. The maximum atomic E-state index is 5.42. The molecule has 0 bridgehead atoms. The Morgan fingerprint density at radius 1 is 1.62 bits per heavy atom. The van der Waals surface area contributed by atoms with E-state index in [2.05, 4.69) is 38.7 Å². The van der Waals surface area contributed by atoms with Gasteiger partial charge in [-0.15, -0.1) is 6.42 Å². The molecule has 0 aliphatic heterocycles. The number of hydrogen-bond acceptors (Lipinski definition) is 2. The maximum Gasteiger partial charge on any atom is 0.143 e. The number of pyridine rings is 1. The molecule has 0 amide bonds. The molecule has 0 atom stereocenters. The van der Waals surface area contributed by atoms with E-state index in [1.165, 1.54) is 18.4 Å². The third-order valence-electron chi connectivity index (χ3n) is 2.82. The van der Waals surface area contributed by atoms with Gasteiger partial charge >= 0.3 is 0 Å². The van der Waals surface area contributed by atoms with Crippen LogP contribution < -0.4 is 4.90 Å². The molecular weight excluding hydrogens is 264 g/mol. The van der Waals surface area contributed by atoms with Crippen LogP contribution in [0.3, 0.4) is 0 Å². The summed E-state index contributed by atoms with van der Waals surface area (Å²) in [4.78, 5) is 6.61. The molecule has 0 spiro atoms. The SMILES string of the molecule is C#CCN(CC1CC1)c1nccc(C)c1Br. The molecular formula is C13H15BrN2. The van der Waals surface area contributed by atoms with Crippen LogP contribution >= 0.6 is 15.9 Å². The van der Waals surface area contributed by atoms with E-state index in [-0.39, 0.29) is 0 Å². The number of rotatable bonds is 4. The van der Waals surface area contributed by atoms with Gasteiger partial charge in [-0.25, -0.2) is 4.98 Å². The highest BCUT2D eigenvalue weighted by atomic mass is 79.9. The van der Waals surface area contributed by atoms with Crippen molar-refractivity contribution in [2.45, 2.75) is 19.8 Å². The highest BCUT2D eigenvalue weighted by molar-refractivity contribution is 9.10. The van der Waals surface area contributed by atoms with Crippen LogP contribution in [0.2, 0.25) is 0 Å². The second-order valence-corrected chi connectivity index (χ2v) is 5.09. The number of aromatic nitrogens is 1. The van der Waals surface area contributed by atoms with E-state index in [9.17, 15) is 0 Å². The Kier molecular flexibility index (Phi) is 3.50. The lowest BCUT2D eigenvalue weighted by molar-refractivity contribution is 0.753. The summed E-state index contributed by atoms with van der Waals surface area (Å²) in [5.74, 6) is 4.50. The van der Waals surface area contributed by atoms with Crippen LogP contribution in [-0.2, 0) is 0 Å². The highest BCUT2D eigenvalue weighted by Crippen LogP contribution is 2.33. The molecule has 1 aromatic rings. The predicted octanol–water partition coefficient (Wildman–Crippen LogP) is 3.00. The first-order valence-corrected chi connectivity index (χ1v) is 6.31. The number of terminal acetylenes is 1. The van der Waals surface area contributed by atoms with Gasteiger partial charge in [0.1, 0.15) is 5.82 Å². The maximum absolute atomic E-state index is 5.42. The summed E-state index contributed by atoms with van der Waals surface area (Å²) >= 11 is 3.59. The van der Waals surface area contributed by atoms with Gasteiger partial charge in [0.15, 0.2) is 0 Å². The predicted molar refractivity (Wildman–Crippen MR) is 70.4 cm³/mol. The van der Waals surface area contributed by atoms with Crippen molar-refractivity contribution < 1.29 is 0 Å². The van der Waals surface area contributed by atoms with E-state index in [4.69, 9.17) is 6.42 Å². The minimum Gasteiger partial charge on any atom is -0.344 e. The summed E-state index contributed by atoms with van der Waals surface area (Å²) < 4.78 is 1.06. The lowest BCUT2D eigenvalue weighted by atomic mass is 10.2. The molecule has 2 nitrogen and oxygen atoms in total. The van der Waals surface area contributed by atoms with E-state index >= 15 is 0 Å². The Bertz CT molecular complexity index is 418. The van der Waals surface area contributed by atoms with Gasteiger partial charge in [0.2, 0.25) is 0 Å². The quantitative estimate of drug-likeness (QED) is 0.788. The Labute approximate surface area is 105 Å². The van der Waals surface area contributed by atoms with Crippen LogP contribution in [0, 0.1) is 25.2 Å². The minimum atomic E-state index is 0.631. The largest absolute Gasteiger partial charge is 0.344 e. The number of anilines is 1. The van der Waals surface area contributed by atoms with Crippen LogP contribution in [-0.4, -0.2) is 18.1 Å². The minimum absolute atomic E-state index is 0.631. The number of nitrogens with zero attached hydrogens (tertiary/aromatic N) is 2. The highest BCUT2D eigenvalue weighted by Gasteiger charge is 2.25. The molecule has 1 aliphatic carbocycles. The lowest BCUT2D eigenvalue weighted by Crippen LogP contribution is -2.27. The molecule has 2 rings (SSSR count). The topological polar surface area (TPSA) is 16.1 Å². The molecule has 1 aromatic heterocycles. The number of halogens is 1. The molecule has 0 aromatic carbocycles. The monoisotopic (exact) mass is 278 g/mol. The number of hydrogen-bond donors (Lipinski definition) is 0. The van der Waals surface area contributed by atoms with Crippen LogP contribution in [0.1, 0.15) is 18.4 Å². The van der Waals surface area contributed by atoms with E-state index in [1.807, 2.05) is 12.3 Å². The summed E-state index contributed by atoms with van der Waals surface area (Å²) in [6, 6.07) is 2.00. The zero-order valence-electron chi connectivity index (χ0n) is 9.41. The molecule has 0 unspecified atom stereocenters. The van der Waals surface area contributed by atoms with Crippen LogP contribution in [0.4, 0.5) is 5.82 Å². The van der Waals surface area contributed by atoms with Crippen molar-refractivity contribution in [3.05, 3.63) is 22.3 Å². The third-order valence-corrected chi connectivity index (χ3v) is 3.80. The Balaban J connectivity index is 2.23. The van der Waals surface area contributed by atoms with Gasteiger partial charge in [-0.2, -0.15) is 0 Å². The molecule has 1 aliphatic rings. The fourth-order valence-electron chi connectivity index (χ4n) is 1.69. The van der Waals surface area contributed by atoms with Gasteiger partial charge < -0.3 is 4.90 Å². The van der Waals surface area contributed by atoms with Gasteiger partial charge in [0.05, 0.1) is 11.0 Å². The van der Waals surface area contributed by atoms with Crippen molar-refractivity contribution in [1.29, 1.82) is 0 Å². The molecule has 1 saturated carbocycles. The second kappa shape index (κ2) is 4.88. The summed E-state index contributed by atoms with van der Waals surface area (Å²) in [6.07, 6.45) is 9.90. The van der Waals surface area contributed by atoms with E-state index in [0.29, 0.717) is 6.54 Å². The van der Waals surface area contributed by atoms with Gasteiger partial charge in [-0.05, 0) is 53.2 Å². The normalized spacial score (nSPS) is 14.6. The zero-order chi connectivity index (χ0) is 11.5. The molecule has 1 fully saturated rings. The Morgan fingerprint density at radius 2 is 2.38 bits per heavy atom. The first kappa shape index (κ1) is 11.5. The first-order chi connectivity index (χ1) is 7.72. The molecule has 84 valence electrons. The Hall–Kier alpha value is -1.01. The first-order valence-electron chi connectivity index (χ1n) is 5.52. The van der Waals surface area contributed by atoms with E-state index in [0.717, 1.165) is 22.8 Å². The van der Waals surface area contributed by atoms with Gasteiger partial charge in [-0.3, -0.25) is 0 Å². The molecule has 3 heteroatoms. The van der Waals surface area contributed by atoms with Crippen molar-refractivity contribution >= 4 is 21.7 Å². The Morgan fingerprint density at radius 3 is 3.00 bits per heavy atom. The van der Waals surface area contributed by atoms with Gasteiger partial charge in [-0.1, -0.05) is 5.92 Å². The van der Waals surface area contributed by atoms with E-state index in [1.54, 1.807) is 0 Å². The van der Waals surface area contributed by atoms with Gasteiger partial charge in [0, 0.05) is 12.7 Å². The fourth-order valence-corrected chi connectivity index (χ4v) is 2.18. The van der Waals surface area contributed by atoms with Crippen molar-refractivity contribution in [2.75, 3.05) is 18.0 Å². The summed E-state index contributed by atoms with van der Waals surface area (Å²) in [7, 11) is 0. The van der Waals surface area contributed by atoms with Crippen molar-refractivity contribution in [3.63, 3.8) is 0 Å². The molecule has 0 saturated heterocycles. The lowest BCUT2D eigenvalue weighted by Gasteiger charge is -2.22. The van der Waals surface area contributed by atoms with Crippen molar-refractivity contribution in [3.8, 4) is 12.3 Å². The molecule has 0 N–H and O–H groups in total. The summed E-state index contributed by atoms with van der Waals surface area (Å²) in [5, 5.41) is 0. The summed E-state index contributed by atoms with van der Waals surface area (Å²) in [6.45, 7) is 3.73. The van der Waals surface area contributed by atoms with Crippen LogP contribution in [0.15, 0.2) is 16.7 Å². The second-order valence-electron chi connectivity index (χ2n) is 4.29. The van der Waals surface area contributed by atoms with Crippen molar-refractivity contribution in [1.82, 2.24) is 4.98 Å². The van der Waals surface area contributed by atoms with Crippen LogP contribution in [0.5, 0.6) is 0 Å². The molecule has 1 heterocycles. The van der Waals surface area contributed by atoms with Crippen LogP contribution in [0.25, 0.3) is 0 Å². The molecule has 16 heavy (non-hydrogen) atoms. The van der Waals surface area contributed by atoms with Gasteiger partial charge in [0.25, 0.3) is 0 Å². The average Bonchev–Trinajstić information content (AvgIpc) is 3.06. The van der Waals surface area contributed by atoms with Crippen molar-refractivity contribution in [2.24, 2.45) is 5.92 Å². The average molecular weight is 279 g/mol.